The number of anilines is 2. The Bertz CT molecular complexity index is 815. The molecule has 0 aliphatic heterocycles. The maximum atomic E-state index is 13.7. The smallest absolute Gasteiger partial charge is 0.212 e. The van der Waals surface area contributed by atoms with E-state index in [-0.39, 0.29) is 5.82 Å². The van der Waals surface area contributed by atoms with Crippen LogP contribution in [0.25, 0.3) is 10.6 Å². The van der Waals surface area contributed by atoms with Crippen molar-refractivity contribution in [2.75, 3.05) is 10.6 Å². The summed E-state index contributed by atoms with van der Waals surface area (Å²) in [6.45, 7) is 1.83. The van der Waals surface area contributed by atoms with Gasteiger partial charge in [0.15, 0.2) is 10.1 Å². The molecule has 3 rings (SSSR count). The van der Waals surface area contributed by atoms with Gasteiger partial charge in [0, 0.05) is 17.1 Å². The van der Waals surface area contributed by atoms with E-state index in [1.54, 1.807) is 18.2 Å². The predicted octanol–water partition coefficient (Wildman–Crippen LogP) is 3.31. The molecule has 112 valence electrons. The van der Waals surface area contributed by atoms with Crippen LogP contribution in [0.1, 0.15) is 5.69 Å². The Morgan fingerprint density at radius 1 is 1.18 bits per heavy atom. The number of hydrogen-bond donors (Lipinski definition) is 2. The van der Waals surface area contributed by atoms with Gasteiger partial charge in [-0.2, -0.15) is 0 Å². The third-order valence-corrected chi connectivity index (χ3v) is 4.45. The molecule has 2 aromatic heterocycles. The quantitative estimate of drug-likeness (QED) is 0.700. The highest BCUT2D eigenvalue weighted by atomic mass is 32.1. The van der Waals surface area contributed by atoms with E-state index in [1.165, 1.54) is 28.9 Å². The van der Waals surface area contributed by atoms with Gasteiger partial charge in [-0.15, -0.1) is 15.3 Å². The van der Waals surface area contributed by atoms with Crippen molar-refractivity contribution < 1.29 is 4.39 Å². The lowest BCUT2D eigenvalue weighted by Gasteiger charge is -2.05. The van der Waals surface area contributed by atoms with Crippen LogP contribution in [0.3, 0.4) is 0 Å². The fourth-order valence-electron chi connectivity index (χ4n) is 1.60. The van der Waals surface area contributed by atoms with Crippen molar-refractivity contribution in [1.29, 1.82) is 0 Å². The molecule has 0 amide bonds. The number of aryl methyl sites for hydroxylation is 1. The van der Waals surface area contributed by atoms with E-state index in [4.69, 9.17) is 12.2 Å². The third kappa shape index (κ3) is 3.24. The van der Waals surface area contributed by atoms with Crippen molar-refractivity contribution >= 4 is 50.3 Å². The lowest BCUT2D eigenvalue weighted by Crippen LogP contribution is -2.18. The highest BCUT2D eigenvalue weighted by molar-refractivity contribution is 7.80. The first-order valence-corrected chi connectivity index (χ1v) is 8.08. The average Bonchev–Trinajstić information content (AvgIpc) is 3.10. The first-order chi connectivity index (χ1) is 10.6. The molecule has 0 fully saturated rings. The zero-order valence-corrected chi connectivity index (χ0v) is 13.7. The summed E-state index contributed by atoms with van der Waals surface area (Å²) in [5, 5.41) is 19.8. The van der Waals surface area contributed by atoms with Gasteiger partial charge < -0.3 is 10.6 Å². The Hall–Kier alpha value is -2.04. The van der Waals surface area contributed by atoms with Gasteiger partial charge >= 0.3 is 0 Å². The minimum Gasteiger partial charge on any atom is -0.321 e. The molecule has 0 saturated heterocycles. The van der Waals surface area contributed by atoms with Gasteiger partial charge in [0.1, 0.15) is 10.8 Å². The molecule has 0 aliphatic carbocycles. The van der Waals surface area contributed by atoms with E-state index >= 15 is 0 Å². The third-order valence-electron chi connectivity index (χ3n) is 2.63. The maximum absolute atomic E-state index is 13.7. The second-order valence-corrected chi connectivity index (χ2v) is 6.30. The van der Waals surface area contributed by atoms with Crippen LogP contribution in [-0.2, 0) is 0 Å². The zero-order valence-electron chi connectivity index (χ0n) is 11.2. The van der Waals surface area contributed by atoms with E-state index in [9.17, 15) is 4.39 Å². The molecule has 2 heterocycles. The molecule has 0 aliphatic rings. The number of aromatic nitrogens is 4. The normalized spacial score (nSPS) is 10.5. The van der Waals surface area contributed by atoms with Crippen molar-refractivity contribution in [2.24, 2.45) is 0 Å². The lowest BCUT2D eigenvalue weighted by molar-refractivity contribution is 0.631. The predicted molar refractivity (Wildman–Crippen MR) is 89.8 cm³/mol. The van der Waals surface area contributed by atoms with Crippen molar-refractivity contribution in [3.63, 3.8) is 0 Å². The number of rotatable bonds is 3. The van der Waals surface area contributed by atoms with Gasteiger partial charge in [0.05, 0.1) is 5.69 Å². The number of nitrogens with one attached hydrogen (secondary N) is 2. The van der Waals surface area contributed by atoms with E-state index in [0.717, 1.165) is 10.7 Å². The van der Waals surface area contributed by atoms with Crippen molar-refractivity contribution in [3.05, 3.63) is 35.8 Å². The Morgan fingerprint density at radius 3 is 2.73 bits per heavy atom. The van der Waals surface area contributed by atoms with Gasteiger partial charge in [-0.25, -0.2) is 4.39 Å². The van der Waals surface area contributed by atoms with Gasteiger partial charge in [-0.05, 0) is 31.3 Å². The van der Waals surface area contributed by atoms with Gasteiger partial charge in [0.25, 0.3) is 0 Å². The van der Waals surface area contributed by atoms with Crippen LogP contribution in [0.4, 0.5) is 14.5 Å². The minimum absolute atomic E-state index is 0.336. The van der Waals surface area contributed by atoms with E-state index in [2.05, 4.69) is 30.4 Å². The summed E-state index contributed by atoms with van der Waals surface area (Å²) in [6.07, 6.45) is 0. The van der Waals surface area contributed by atoms with Gasteiger partial charge in [0.2, 0.25) is 5.13 Å². The number of benzene rings is 1. The van der Waals surface area contributed by atoms with Crippen LogP contribution in [0.5, 0.6) is 0 Å². The lowest BCUT2D eigenvalue weighted by atomic mass is 10.2. The van der Waals surface area contributed by atoms with E-state index in [0.29, 0.717) is 20.8 Å². The summed E-state index contributed by atoms with van der Waals surface area (Å²) in [5.74, 6) is -0.336. The largest absolute Gasteiger partial charge is 0.321 e. The van der Waals surface area contributed by atoms with Crippen LogP contribution < -0.4 is 10.6 Å². The molecule has 3 aromatic rings. The zero-order chi connectivity index (χ0) is 15.5. The second kappa shape index (κ2) is 6.38. The fourth-order valence-corrected chi connectivity index (χ4v) is 3.26. The molecule has 10 heteroatoms. The van der Waals surface area contributed by atoms with Crippen LogP contribution in [0, 0.1) is 12.7 Å². The first-order valence-electron chi connectivity index (χ1n) is 6.09. The summed E-state index contributed by atoms with van der Waals surface area (Å²) in [6, 6.07) is 6.42. The molecule has 0 spiro atoms. The molecule has 0 radical (unpaired) electrons. The van der Waals surface area contributed by atoms with E-state index in [1.807, 2.05) is 6.92 Å². The number of thiocarbonyl (C=S) groups is 1. The summed E-state index contributed by atoms with van der Waals surface area (Å²) in [5.41, 5.74) is 1.17. The molecule has 1 aromatic carbocycles. The molecule has 0 bridgehead atoms. The van der Waals surface area contributed by atoms with Crippen LogP contribution >= 0.6 is 35.1 Å². The monoisotopic (exact) mass is 352 g/mol. The number of nitrogens with zero attached hydrogens (tertiary/aromatic N) is 4. The SMILES string of the molecule is Cc1nnsc1NC(=S)Nc1nnc(-c2ccccc2F)s1. The summed E-state index contributed by atoms with van der Waals surface area (Å²) >= 11 is 7.62. The topological polar surface area (TPSA) is 75.6 Å². The molecular formula is C12H9FN6S3. The number of halogens is 1. The summed E-state index contributed by atoms with van der Waals surface area (Å²) < 4.78 is 17.5. The number of hydrogen-bond acceptors (Lipinski definition) is 7. The van der Waals surface area contributed by atoms with Crippen molar-refractivity contribution in [2.45, 2.75) is 6.92 Å². The Labute approximate surface area is 138 Å². The molecule has 0 unspecified atom stereocenters. The fraction of sp³-hybridized carbons (Fsp3) is 0.0833. The Kier molecular flexibility index (Phi) is 4.32. The Balaban J connectivity index is 1.71. The molecule has 2 N–H and O–H groups in total. The van der Waals surface area contributed by atoms with E-state index < -0.39 is 0 Å². The van der Waals surface area contributed by atoms with Crippen LogP contribution in [0.15, 0.2) is 24.3 Å². The van der Waals surface area contributed by atoms with Crippen molar-refractivity contribution in [3.8, 4) is 10.6 Å². The standard InChI is InChI=1S/C12H9FN6S3/c1-6-9(22-19-16-6)14-11(20)15-12-18-17-10(21-12)7-4-2-3-5-8(7)13/h2-5H,1H3,(H2,14,15,18,20). The first kappa shape index (κ1) is 14.9. The molecule has 0 atom stereocenters. The summed E-state index contributed by atoms with van der Waals surface area (Å²) in [4.78, 5) is 0. The minimum atomic E-state index is -0.336. The second-order valence-electron chi connectivity index (χ2n) is 4.16. The Morgan fingerprint density at radius 2 is 2.00 bits per heavy atom. The van der Waals surface area contributed by atoms with Crippen LogP contribution in [-0.4, -0.2) is 24.9 Å². The summed E-state index contributed by atoms with van der Waals surface area (Å²) in [7, 11) is 0. The maximum Gasteiger partial charge on any atom is 0.212 e. The highest BCUT2D eigenvalue weighted by Gasteiger charge is 2.12. The van der Waals surface area contributed by atoms with Gasteiger partial charge in [-0.3, -0.25) is 0 Å². The highest BCUT2D eigenvalue weighted by Crippen LogP contribution is 2.28. The molecule has 6 nitrogen and oxygen atoms in total. The molecular weight excluding hydrogens is 343 g/mol. The molecule has 0 saturated carbocycles. The van der Waals surface area contributed by atoms with Gasteiger partial charge in [-0.1, -0.05) is 28.0 Å². The average molecular weight is 352 g/mol. The van der Waals surface area contributed by atoms with Crippen LogP contribution in [0.2, 0.25) is 0 Å². The molecule has 22 heavy (non-hydrogen) atoms. The van der Waals surface area contributed by atoms with Crippen molar-refractivity contribution in [1.82, 2.24) is 19.8 Å².